The van der Waals surface area contributed by atoms with Gasteiger partial charge in [0.1, 0.15) is 0 Å². The number of nitrogens with one attached hydrogen (secondary N) is 1. The van der Waals surface area contributed by atoms with Crippen LogP contribution in [-0.4, -0.2) is 56.9 Å². The third kappa shape index (κ3) is 3.91. The summed E-state index contributed by atoms with van der Waals surface area (Å²) in [4.78, 5) is 33.3. The van der Waals surface area contributed by atoms with Crippen LogP contribution in [0.4, 0.5) is 11.6 Å². The molecule has 0 aliphatic carbocycles. The highest BCUT2D eigenvalue weighted by Gasteiger charge is 2.23. The fourth-order valence-electron chi connectivity index (χ4n) is 3.51. The van der Waals surface area contributed by atoms with Gasteiger partial charge in [-0.15, -0.1) is 0 Å². The maximum Gasteiger partial charge on any atom is 0.225 e. The van der Waals surface area contributed by atoms with E-state index in [0.29, 0.717) is 17.7 Å². The van der Waals surface area contributed by atoms with E-state index in [1.54, 1.807) is 24.8 Å². The molecule has 2 aromatic heterocycles. The van der Waals surface area contributed by atoms with Crippen molar-refractivity contribution < 1.29 is 4.79 Å². The molecule has 1 fully saturated rings. The van der Waals surface area contributed by atoms with Gasteiger partial charge in [-0.25, -0.2) is 9.97 Å². The van der Waals surface area contributed by atoms with Gasteiger partial charge in [-0.3, -0.25) is 19.7 Å². The van der Waals surface area contributed by atoms with Gasteiger partial charge in [-0.1, -0.05) is 6.07 Å². The van der Waals surface area contributed by atoms with Crippen molar-refractivity contribution >= 4 is 28.6 Å². The van der Waals surface area contributed by atoms with Crippen LogP contribution < -0.4 is 10.2 Å². The Labute approximate surface area is 163 Å². The van der Waals surface area contributed by atoms with Gasteiger partial charge in [0.05, 0.1) is 29.1 Å². The Balaban J connectivity index is 1.39. The number of fused-ring (bicyclic) bond motifs is 1. The van der Waals surface area contributed by atoms with Crippen LogP contribution in [0.3, 0.4) is 0 Å². The summed E-state index contributed by atoms with van der Waals surface area (Å²) in [5.74, 6) is 0.570. The minimum absolute atomic E-state index is 0.126. The van der Waals surface area contributed by atoms with E-state index in [-0.39, 0.29) is 5.91 Å². The Morgan fingerprint density at radius 1 is 1.00 bits per heavy atom. The van der Waals surface area contributed by atoms with Crippen LogP contribution >= 0.6 is 0 Å². The summed E-state index contributed by atoms with van der Waals surface area (Å²) >= 11 is 0. The molecule has 8 nitrogen and oxygen atoms in total. The van der Waals surface area contributed by atoms with Crippen molar-refractivity contribution in [2.45, 2.75) is 19.9 Å². The van der Waals surface area contributed by atoms with Crippen molar-refractivity contribution in [3.63, 3.8) is 0 Å². The number of aromatic nitrogens is 4. The van der Waals surface area contributed by atoms with Crippen LogP contribution in [-0.2, 0) is 4.79 Å². The summed E-state index contributed by atoms with van der Waals surface area (Å²) in [7, 11) is 0. The lowest BCUT2D eigenvalue weighted by atomic mass is 10.1. The standard InChI is InChI=1S/C20H23N7O/c1-14(16-3-4-18-19(11-16)22-6-5-21-18)26-7-9-27(10-8-26)20-23-12-17(13-24-20)25-15(2)28/h3-6,11-14H,7-10H2,1-2H3,(H,25,28). The van der Waals surface area contributed by atoms with Gasteiger partial charge in [0, 0.05) is 51.5 Å². The lowest BCUT2D eigenvalue weighted by molar-refractivity contribution is -0.114. The lowest BCUT2D eigenvalue weighted by Gasteiger charge is -2.38. The Bertz CT molecular complexity index is 968. The number of carbonyl (C=O) groups is 1. The van der Waals surface area contributed by atoms with Gasteiger partial charge in [-0.2, -0.15) is 0 Å². The van der Waals surface area contributed by atoms with E-state index in [2.05, 4.69) is 54.1 Å². The van der Waals surface area contributed by atoms with Crippen molar-refractivity contribution in [2.24, 2.45) is 0 Å². The molecule has 28 heavy (non-hydrogen) atoms. The van der Waals surface area contributed by atoms with E-state index in [9.17, 15) is 4.79 Å². The molecule has 4 rings (SSSR count). The first-order valence-electron chi connectivity index (χ1n) is 9.39. The lowest BCUT2D eigenvalue weighted by Crippen LogP contribution is -2.47. The molecule has 1 aliphatic rings. The maximum atomic E-state index is 11.1. The number of benzene rings is 1. The van der Waals surface area contributed by atoms with Crippen LogP contribution in [0.1, 0.15) is 25.5 Å². The van der Waals surface area contributed by atoms with Crippen molar-refractivity contribution in [1.29, 1.82) is 0 Å². The normalized spacial score (nSPS) is 16.1. The van der Waals surface area contributed by atoms with Gasteiger partial charge in [0.15, 0.2) is 0 Å². The van der Waals surface area contributed by atoms with E-state index in [0.717, 1.165) is 37.2 Å². The Kier molecular flexibility index (Phi) is 5.12. The average molecular weight is 377 g/mol. The predicted octanol–water partition coefficient (Wildman–Crippen LogP) is 2.26. The molecule has 144 valence electrons. The van der Waals surface area contributed by atoms with Crippen LogP contribution in [0, 0.1) is 0 Å². The molecular weight excluding hydrogens is 354 g/mol. The molecule has 0 bridgehead atoms. The molecule has 3 aromatic rings. The first-order valence-corrected chi connectivity index (χ1v) is 9.39. The zero-order chi connectivity index (χ0) is 19.5. The van der Waals surface area contributed by atoms with E-state index in [1.807, 2.05) is 6.07 Å². The molecule has 1 amide bonds. The molecule has 1 saturated heterocycles. The molecule has 0 radical (unpaired) electrons. The molecule has 8 heteroatoms. The molecule has 3 heterocycles. The smallest absolute Gasteiger partial charge is 0.225 e. The first-order chi connectivity index (χ1) is 13.6. The minimum atomic E-state index is -0.126. The highest BCUT2D eigenvalue weighted by atomic mass is 16.1. The fraction of sp³-hybridized carbons (Fsp3) is 0.350. The molecule has 1 aliphatic heterocycles. The summed E-state index contributed by atoms with van der Waals surface area (Å²) < 4.78 is 0. The van der Waals surface area contributed by atoms with Crippen LogP contribution in [0.25, 0.3) is 11.0 Å². The average Bonchev–Trinajstić information content (AvgIpc) is 2.73. The summed E-state index contributed by atoms with van der Waals surface area (Å²) in [5, 5.41) is 2.69. The van der Waals surface area contributed by atoms with Crippen LogP contribution in [0.5, 0.6) is 0 Å². The first kappa shape index (κ1) is 18.2. The number of anilines is 2. The highest BCUT2D eigenvalue weighted by Crippen LogP contribution is 2.24. The Morgan fingerprint density at radius 2 is 1.68 bits per heavy atom. The number of nitrogens with zero attached hydrogens (tertiary/aromatic N) is 6. The van der Waals surface area contributed by atoms with E-state index in [1.165, 1.54) is 12.5 Å². The molecule has 0 saturated carbocycles. The number of hydrogen-bond acceptors (Lipinski definition) is 7. The van der Waals surface area contributed by atoms with Crippen molar-refractivity contribution in [3.8, 4) is 0 Å². The van der Waals surface area contributed by atoms with E-state index < -0.39 is 0 Å². The quantitative estimate of drug-likeness (QED) is 0.746. The van der Waals surface area contributed by atoms with Gasteiger partial charge in [0.2, 0.25) is 11.9 Å². The SMILES string of the molecule is CC(=O)Nc1cnc(N2CCN(C(C)c3ccc4nccnc4c3)CC2)nc1. The van der Waals surface area contributed by atoms with Crippen LogP contribution in [0.15, 0.2) is 43.0 Å². The summed E-state index contributed by atoms with van der Waals surface area (Å²) in [6, 6.07) is 6.60. The second-order valence-electron chi connectivity index (χ2n) is 6.96. The third-order valence-corrected chi connectivity index (χ3v) is 5.08. The fourth-order valence-corrected chi connectivity index (χ4v) is 3.51. The molecule has 1 N–H and O–H groups in total. The number of amides is 1. The number of piperazine rings is 1. The van der Waals surface area contributed by atoms with E-state index >= 15 is 0 Å². The van der Waals surface area contributed by atoms with Gasteiger partial charge in [0.25, 0.3) is 0 Å². The molecule has 1 atom stereocenters. The van der Waals surface area contributed by atoms with Crippen molar-refractivity contribution in [1.82, 2.24) is 24.8 Å². The van der Waals surface area contributed by atoms with Gasteiger partial charge < -0.3 is 10.2 Å². The monoisotopic (exact) mass is 377 g/mol. The zero-order valence-electron chi connectivity index (χ0n) is 16.0. The second kappa shape index (κ2) is 7.85. The largest absolute Gasteiger partial charge is 0.338 e. The summed E-state index contributed by atoms with van der Waals surface area (Å²) in [5.41, 5.74) is 3.71. The summed E-state index contributed by atoms with van der Waals surface area (Å²) in [6.07, 6.45) is 6.74. The van der Waals surface area contributed by atoms with Gasteiger partial charge >= 0.3 is 0 Å². The highest BCUT2D eigenvalue weighted by molar-refractivity contribution is 5.88. The number of hydrogen-bond donors (Lipinski definition) is 1. The Hall–Kier alpha value is -3.13. The van der Waals surface area contributed by atoms with E-state index in [4.69, 9.17) is 0 Å². The molecule has 1 unspecified atom stereocenters. The molecule has 0 spiro atoms. The Morgan fingerprint density at radius 3 is 2.36 bits per heavy atom. The third-order valence-electron chi connectivity index (χ3n) is 5.08. The van der Waals surface area contributed by atoms with Crippen molar-refractivity contribution in [2.75, 3.05) is 36.4 Å². The zero-order valence-corrected chi connectivity index (χ0v) is 16.0. The maximum absolute atomic E-state index is 11.1. The van der Waals surface area contributed by atoms with Gasteiger partial charge in [-0.05, 0) is 24.6 Å². The summed E-state index contributed by atoms with van der Waals surface area (Å²) in [6.45, 7) is 7.27. The predicted molar refractivity (Wildman–Crippen MR) is 108 cm³/mol. The number of rotatable bonds is 4. The van der Waals surface area contributed by atoms with Crippen LogP contribution in [0.2, 0.25) is 0 Å². The molecular formula is C20H23N7O. The molecule has 1 aromatic carbocycles. The topological polar surface area (TPSA) is 87.1 Å². The second-order valence-corrected chi connectivity index (χ2v) is 6.96. The van der Waals surface area contributed by atoms with Crippen molar-refractivity contribution in [3.05, 3.63) is 48.5 Å². The number of carbonyl (C=O) groups excluding carboxylic acids is 1. The minimum Gasteiger partial charge on any atom is -0.338 e.